The second-order valence-electron chi connectivity index (χ2n) is 9.46. The Morgan fingerprint density at radius 2 is 2.03 bits per heavy atom. The van der Waals surface area contributed by atoms with Crippen molar-refractivity contribution in [1.82, 2.24) is 30.1 Å². The van der Waals surface area contributed by atoms with Gasteiger partial charge in [-0.05, 0) is 55.5 Å². The third-order valence-corrected chi connectivity index (χ3v) is 6.64. The van der Waals surface area contributed by atoms with Gasteiger partial charge in [0.2, 0.25) is 0 Å². The van der Waals surface area contributed by atoms with Gasteiger partial charge in [0, 0.05) is 34.1 Å². The molecule has 8 heteroatoms. The largest absolute Gasteiger partial charge is 0.358 e. The van der Waals surface area contributed by atoms with Crippen molar-refractivity contribution in [2.24, 2.45) is 5.92 Å². The van der Waals surface area contributed by atoms with Crippen LogP contribution in [0.15, 0.2) is 86.0 Å². The Morgan fingerprint density at radius 1 is 1.16 bits per heavy atom. The summed E-state index contributed by atoms with van der Waals surface area (Å²) in [5.74, 6) is 0.836. The van der Waals surface area contributed by atoms with E-state index in [0.29, 0.717) is 23.1 Å². The Labute approximate surface area is 219 Å². The maximum atomic E-state index is 14.0. The average Bonchev–Trinajstić information content (AvgIpc) is 3.59. The minimum atomic E-state index is -0.310. The SMILES string of the molecule is C=C/C=C(/c1cccc(F)c1)c1nc(-c2n[nH]c3cnc(-c4cncc(NC(=C)C5CC5)c4)cc23)[nH]c1C. The number of hydrogen-bond acceptors (Lipinski definition) is 5. The number of hydrogen-bond donors (Lipinski definition) is 3. The number of fused-ring (bicyclic) bond motifs is 1. The zero-order valence-electron chi connectivity index (χ0n) is 20.9. The quantitative estimate of drug-likeness (QED) is 0.202. The van der Waals surface area contributed by atoms with E-state index in [1.54, 1.807) is 30.7 Å². The molecular formula is C30H26FN7. The minimum Gasteiger partial charge on any atom is -0.358 e. The highest BCUT2D eigenvalue weighted by molar-refractivity contribution is 5.93. The first-order valence-electron chi connectivity index (χ1n) is 12.4. The second-order valence-corrected chi connectivity index (χ2v) is 9.46. The lowest BCUT2D eigenvalue weighted by molar-refractivity contribution is 0.627. The molecule has 0 spiro atoms. The third kappa shape index (κ3) is 4.52. The van der Waals surface area contributed by atoms with Crippen LogP contribution in [0, 0.1) is 18.7 Å². The molecule has 0 radical (unpaired) electrons. The van der Waals surface area contributed by atoms with E-state index in [2.05, 4.69) is 43.6 Å². The maximum absolute atomic E-state index is 14.0. The summed E-state index contributed by atoms with van der Waals surface area (Å²) in [4.78, 5) is 17.3. The predicted octanol–water partition coefficient (Wildman–Crippen LogP) is 6.81. The molecule has 4 heterocycles. The van der Waals surface area contributed by atoms with Crippen LogP contribution < -0.4 is 5.32 Å². The van der Waals surface area contributed by atoms with Gasteiger partial charge < -0.3 is 10.3 Å². The van der Waals surface area contributed by atoms with E-state index >= 15 is 0 Å². The summed E-state index contributed by atoms with van der Waals surface area (Å²) in [5.41, 5.74) is 8.04. The number of rotatable bonds is 8. The number of pyridine rings is 2. The molecule has 0 unspecified atom stereocenters. The maximum Gasteiger partial charge on any atom is 0.159 e. The second kappa shape index (κ2) is 9.55. The summed E-state index contributed by atoms with van der Waals surface area (Å²) in [5, 5.41) is 11.8. The van der Waals surface area contributed by atoms with Gasteiger partial charge in [-0.1, -0.05) is 37.4 Å². The highest BCUT2D eigenvalue weighted by atomic mass is 19.1. The van der Waals surface area contributed by atoms with Crippen LogP contribution in [0.5, 0.6) is 0 Å². The summed E-state index contributed by atoms with van der Waals surface area (Å²) < 4.78 is 14.0. The molecule has 1 aliphatic carbocycles. The topological polar surface area (TPSA) is 95.2 Å². The summed E-state index contributed by atoms with van der Waals surface area (Å²) in [6.07, 6.45) is 11.2. The molecule has 0 saturated heterocycles. The van der Waals surface area contributed by atoms with Crippen LogP contribution in [0.2, 0.25) is 0 Å². The number of aromatic nitrogens is 6. The fourth-order valence-electron chi connectivity index (χ4n) is 4.54. The molecular weight excluding hydrogens is 477 g/mol. The summed E-state index contributed by atoms with van der Waals surface area (Å²) in [7, 11) is 0. The standard InChI is InChI=1S/C30H26FN7/c1-4-6-24(20-7-5-8-22(31)11-20)28-18(3)35-30(36-28)29-25-13-26(33-16-27(25)37-38-29)21-12-23(15-32-14-21)34-17(2)19-9-10-19/h4-8,11-16,19,34H,1-2,9-10H2,3H3,(H,35,36)(H,37,38)/b24-6-. The highest BCUT2D eigenvalue weighted by Crippen LogP contribution is 2.36. The van der Waals surface area contributed by atoms with Gasteiger partial charge in [-0.2, -0.15) is 5.10 Å². The molecule has 188 valence electrons. The molecule has 6 rings (SSSR count). The molecule has 7 nitrogen and oxygen atoms in total. The molecule has 1 fully saturated rings. The van der Waals surface area contributed by atoms with Gasteiger partial charge in [-0.3, -0.25) is 15.1 Å². The Hall–Kier alpha value is -4.85. The number of anilines is 1. The van der Waals surface area contributed by atoms with Crippen molar-refractivity contribution in [2.45, 2.75) is 19.8 Å². The number of nitrogens with one attached hydrogen (secondary N) is 3. The molecule has 0 atom stereocenters. The molecule has 3 N–H and O–H groups in total. The van der Waals surface area contributed by atoms with Crippen LogP contribution in [0.3, 0.4) is 0 Å². The third-order valence-electron chi connectivity index (χ3n) is 6.64. The van der Waals surface area contributed by atoms with Gasteiger partial charge in [0.15, 0.2) is 5.82 Å². The Kier molecular flexibility index (Phi) is 5.92. The first-order valence-corrected chi connectivity index (χ1v) is 12.4. The van der Waals surface area contributed by atoms with E-state index in [9.17, 15) is 4.39 Å². The first kappa shape index (κ1) is 23.5. The number of allylic oxidation sites excluding steroid dienone is 3. The van der Waals surface area contributed by atoms with Gasteiger partial charge in [0.25, 0.3) is 0 Å². The van der Waals surface area contributed by atoms with Gasteiger partial charge in [0.05, 0.1) is 35.0 Å². The van der Waals surface area contributed by atoms with Crippen molar-refractivity contribution >= 4 is 22.2 Å². The normalized spacial score (nSPS) is 13.6. The summed E-state index contributed by atoms with van der Waals surface area (Å²) in [6.45, 7) is 9.91. The van der Waals surface area contributed by atoms with Crippen LogP contribution in [-0.4, -0.2) is 30.1 Å². The van der Waals surface area contributed by atoms with Crippen molar-refractivity contribution in [1.29, 1.82) is 0 Å². The smallest absolute Gasteiger partial charge is 0.159 e. The fraction of sp³-hybridized carbons (Fsp3) is 0.133. The lowest BCUT2D eigenvalue weighted by Crippen LogP contribution is -2.00. The lowest BCUT2D eigenvalue weighted by atomic mass is 10.0. The summed E-state index contributed by atoms with van der Waals surface area (Å²) in [6, 6.07) is 10.4. The van der Waals surface area contributed by atoms with E-state index < -0.39 is 0 Å². The average molecular weight is 504 g/mol. The number of imidazole rings is 1. The Morgan fingerprint density at radius 3 is 2.82 bits per heavy atom. The van der Waals surface area contributed by atoms with Gasteiger partial charge >= 0.3 is 0 Å². The van der Waals surface area contributed by atoms with Crippen molar-refractivity contribution < 1.29 is 4.39 Å². The highest BCUT2D eigenvalue weighted by Gasteiger charge is 2.24. The predicted molar refractivity (Wildman–Crippen MR) is 149 cm³/mol. The monoisotopic (exact) mass is 503 g/mol. The molecule has 1 aromatic carbocycles. The van der Waals surface area contributed by atoms with Crippen LogP contribution in [-0.2, 0) is 0 Å². The van der Waals surface area contributed by atoms with Gasteiger partial charge in [-0.25, -0.2) is 9.37 Å². The molecule has 0 aliphatic heterocycles. The van der Waals surface area contributed by atoms with Crippen LogP contribution >= 0.6 is 0 Å². The molecule has 0 amide bonds. The number of benzene rings is 1. The fourth-order valence-corrected chi connectivity index (χ4v) is 4.54. The minimum absolute atomic E-state index is 0.310. The van der Waals surface area contributed by atoms with Crippen molar-refractivity contribution in [3.8, 4) is 22.8 Å². The first-order chi connectivity index (χ1) is 18.5. The van der Waals surface area contributed by atoms with E-state index in [1.807, 2.05) is 31.2 Å². The van der Waals surface area contributed by atoms with E-state index in [1.165, 1.54) is 25.0 Å². The number of aromatic amines is 2. The number of halogens is 1. The molecule has 0 bridgehead atoms. The number of aryl methyl sites for hydroxylation is 1. The summed E-state index contributed by atoms with van der Waals surface area (Å²) >= 11 is 0. The molecule has 4 aromatic heterocycles. The van der Waals surface area contributed by atoms with Crippen molar-refractivity contribution in [2.75, 3.05) is 5.32 Å². The van der Waals surface area contributed by atoms with E-state index in [-0.39, 0.29) is 5.82 Å². The number of H-pyrrole nitrogens is 2. The van der Waals surface area contributed by atoms with Crippen LogP contribution in [0.4, 0.5) is 10.1 Å². The Bertz CT molecular complexity index is 1720. The van der Waals surface area contributed by atoms with E-state index in [4.69, 9.17) is 4.98 Å². The zero-order chi connectivity index (χ0) is 26.2. The molecule has 1 aliphatic rings. The zero-order valence-corrected chi connectivity index (χ0v) is 20.9. The van der Waals surface area contributed by atoms with Crippen molar-refractivity contribution in [3.05, 3.63) is 109 Å². The molecule has 5 aromatic rings. The molecule has 1 saturated carbocycles. The van der Waals surface area contributed by atoms with E-state index in [0.717, 1.165) is 50.4 Å². The van der Waals surface area contributed by atoms with Crippen LogP contribution in [0.1, 0.15) is 29.8 Å². The van der Waals surface area contributed by atoms with Gasteiger partial charge in [0.1, 0.15) is 11.5 Å². The Balaban J connectivity index is 1.37. The lowest BCUT2D eigenvalue weighted by Gasteiger charge is -2.09. The molecule has 38 heavy (non-hydrogen) atoms. The van der Waals surface area contributed by atoms with Crippen LogP contribution in [0.25, 0.3) is 39.3 Å². The van der Waals surface area contributed by atoms with Crippen molar-refractivity contribution in [3.63, 3.8) is 0 Å². The van der Waals surface area contributed by atoms with Gasteiger partial charge in [-0.15, -0.1) is 0 Å². The number of nitrogens with zero attached hydrogens (tertiary/aromatic N) is 4.